The monoisotopic (exact) mass is 522 g/mol. The highest BCUT2D eigenvalue weighted by molar-refractivity contribution is 6.22. The van der Waals surface area contributed by atoms with Gasteiger partial charge >= 0.3 is 0 Å². The summed E-state index contributed by atoms with van der Waals surface area (Å²) in [5.41, 5.74) is 6.79. The predicted molar refractivity (Wildman–Crippen MR) is 140 cm³/mol. The molecular weight excluding hydrogens is 491 g/mol. The number of nitrogens with two attached hydrogens (primary N) is 1. The number of hydrogen-bond acceptors (Lipinski definition) is 8. The molecule has 200 valence electrons. The van der Waals surface area contributed by atoms with Crippen molar-refractivity contribution < 1.29 is 18.7 Å². The number of hydrogen-bond donors (Lipinski definition) is 1. The van der Waals surface area contributed by atoms with E-state index in [0.717, 1.165) is 0 Å². The Bertz CT molecular complexity index is 1370. The number of aromatic nitrogens is 2. The van der Waals surface area contributed by atoms with Crippen molar-refractivity contribution >= 4 is 28.6 Å². The first-order valence-electron chi connectivity index (χ1n) is 12.1. The van der Waals surface area contributed by atoms with Gasteiger partial charge in [0.1, 0.15) is 22.9 Å². The molecule has 2 aliphatic heterocycles. The molecule has 12 heteroatoms. The van der Waals surface area contributed by atoms with E-state index >= 15 is 4.39 Å². The van der Waals surface area contributed by atoms with Gasteiger partial charge in [0.05, 0.1) is 32.4 Å². The van der Waals surface area contributed by atoms with Crippen LogP contribution in [-0.4, -0.2) is 107 Å². The molecule has 0 aromatic carbocycles. The fraction of sp³-hybridized carbons (Fsp3) is 0.423. The van der Waals surface area contributed by atoms with Crippen LogP contribution in [0.5, 0.6) is 5.75 Å². The highest BCUT2D eigenvalue weighted by atomic mass is 19.1. The number of nitriles is 1. The number of fused-ring (bicyclic) bond motifs is 1. The van der Waals surface area contributed by atoms with Crippen LogP contribution in [0.3, 0.4) is 0 Å². The summed E-state index contributed by atoms with van der Waals surface area (Å²) < 4.78 is 22.2. The highest BCUT2D eigenvalue weighted by Crippen LogP contribution is 2.31. The van der Waals surface area contributed by atoms with E-state index in [0.29, 0.717) is 40.2 Å². The molecule has 0 saturated carbocycles. The Labute approximate surface area is 220 Å². The molecule has 0 unspecified atom stereocenters. The average Bonchev–Trinajstić information content (AvgIpc) is 3.26. The molecule has 0 aliphatic carbocycles. The molecule has 4 heterocycles. The second-order valence-corrected chi connectivity index (χ2v) is 9.74. The number of nitrogens with zero attached hydrogens (tertiary/aromatic N) is 7. The number of ether oxygens (including phenoxy) is 1. The number of carbonyl (C=O) groups excluding carboxylic acids is 2. The largest absolute Gasteiger partial charge is 0.494 e. The van der Waals surface area contributed by atoms with E-state index in [-0.39, 0.29) is 38.1 Å². The zero-order valence-electron chi connectivity index (χ0n) is 21.9. The molecular formula is C26H31FN8O3. The molecule has 38 heavy (non-hydrogen) atoms. The second kappa shape index (κ2) is 10.6. The molecule has 0 radical (unpaired) electrons. The topological polar surface area (TPSA) is 133 Å². The maximum atomic E-state index is 15.1. The van der Waals surface area contributed by atoms with Crippen LogP contribution < -0.4 is 10.5 Å². The number of alkyl halides is 1. The first-order valence-corrected chi connectivity index (χ1v) is 12.1. The van der Waals surface area contributed by atoms with Crippen LogP contribution in [-0.2, 0) is 9.59 Å². The lowest BCUT2D eigenvalue weighted by Crippen LogP contribution is -2.70. The van der Waals surface area contributed by atoms with E-state index in [1.807, 2.05) is 19.0 Å². The lowest BCUT2D eigenvalue weighted by Gasteiger charge is -2.48. The molecule has 2 fully saturated rings. The van der Waals surface area contributed by atoms with Crippen molar-refractivity contribution in [3.8, 4) is 11.8 Å². The van der Waals surface area contributed by atoms with E-state index in [9.17, 15) is 14.9 Å². The minimum Gasteiger partial charge on any atom is -0.494 e. The zero-order valence-corrected chi connectivity index (χ0v) is 21.9. The Morgan fingerprint density at radius 3 is 2.68 bits per heavy atom. The van der Waals surface area contributed by atoms with E-state index in [2.05, 4.69) is 16.2 Å². The summed E-state index contributed by atoms with van der Waals surface area (Å²) in [6.07, 6.45) is 7.75. The molecule has 2 aromatic rings. The third-order valence-corrected chi connectivity index (χ3v) is 6.62. The lowest BCUT2D eigenvalue weighted by molar-refractivity contribution is -0.165. The van der Waals surface area contributed by atoms with Crippen molar-refractivity contribution in [1.29, 1.82) is 5.26 Å². The Morgan fingerprint density at radius 2 is 2.08 bits per heavy atom. The van der Waals surface area contributed by atoms with Crippen molar-refractivity contribution in [3.05, 3.63) is 47.9 Å². The van der Waals surface area contributed by atoms with E-state index in [4.69, 9.17) is 10.5 Å². The number of likely N-dealkylation sites (N-methyl/N-ethyl adjacent to an activating group) is 1. The maximum absolute atomic E-state index is 15.1. The Balaban J connectivity index is 1.37. The fourth-order valence-electron chi connectivity index (χ4n) is 4.54. The molecule has 0 spiro atoms. The molecule has 11 nitrogen and oxygen atoms in total. The standard InChI is InChI=1S/C26H31FN8O3/c1-17(21(10-29)18-8-22(38-4)24-19(9-28)11-30-35(24)12-18)31-20-13-33(14-20)25(37)26(27)15-34(16-26)23(36)6-5-7-32(2)3/h5-6,8,10-12,20H,7,13-16,29H2,1-4H3/b6-5+,21-10?,31-17?. The van der Waals surface area contributed by atoms with Crippen molar-refractivity contribution in [2.45, 2.75) is 18.6 Å². The van der Waals surface area contributed by atoms with Crippen LogP contribution in [0, 0.1) is 11.3 Å². The number of rotatable bonds is 8. The van der Waals surface area contributed by atoms with Crippen LogP contribution in [0.2, 0.25) is 0 Å². The van der Waals surface area contributed by atoms with E-state index in [1.165, 1.54) is 35.4 Å². The summed E-state index contributed by atoms with van der Waals surface area (Å²) >= 11 is 0. The summed E-state index contributed by atoms with van der Waals surface area (Å²) in [6, 6.07) is 3.65. The average molecular weight is 523 g/mol. The predicted octanol–water partition coefficient (Wildman–Crippen LogP) is 0.854. The molecule has 2 saturated heterocycles. The molecule has 0 bridgehead atoms. The fourth-order valence-corrected chi connectivity index (χ4v) is 4.54. The van der Waals surface area contributed by atoms with Gasteiger partial charge in [0.2, 0.25) is 11.6 Å². The number of halogens is 1. The van der Waals surface area contributed by atoms with E-state index in [1.54, 1.807) is 29.8 Å². The van der Waals surface area contributed by atoms with Gasteiger partial charge in [0.15, 0.2) is 0 Å². The van der Waals surface area contributed by atoms with Crippen molar-refractivity contribution in [2.75, 3.05) is 53.9 Å². The van der Waals surface area contributed by atoms with Gasteiger partial charge < -0.3 is 25.2 Å². The summed E-state index contributed by atoms with van der Waals surface area (Å²) in [5, 5.41) is 13.5. The Hall–Kier alpha value is -4.24. The number of pyridine rings is 1. The van der Waals surface area contributed by atoms with Gasteiger partial charge in [-0.1, -0.05) is 6.08 Å². The number of allylic oxidation sites excluding steroid dienone is 1. The Kier molecular flexibility index (Phi) is 7.50. The zero-order chi connectivity index (χ0) is 27.6. The van der Waals surface area contributed by atoms with Gasteiger partial charge in [-0.05, 0) is 27.1 Å². The number of aliphatic imine (C=N–C) groups is 1. The molecule has 2 N–H and O–H groups in total. The quantitative estimate of drug-likeness (QED) is 0.402. The summed E-state index contributed by atoms with van der Waals surface area (Å²) in [6.45, 7) is 2.48. The lowest BCUT2D eigenvalue weighted by atomic mass is 9.92. The first kappa shape index (κ1) is 26.8. The van der Waals surface area contributed by atoms with Crippen LogP contribution in [0.25, 0.3) is 11.1 Å². The van der Waals surface area contributed by atoms with Crippen molar-refractivity contribution in [2.24, 2.45) is 10.7 Å². The van der Waals surface area contributed by atoms with Gasteiger partial charge in [0.25, 0.3) is 5.91 Å². The Morgan fingerprint density at radius 1 is 1.37 bits per heavy atom. The summed E-state index contributed by atoms with van der Waals surface area (Å²) in [4.78, 5) is 34.2. The maximum Gasteiger partial charge on any atom is 0.264 e. The molecule has 2 amide bonds. The SMILES string of the molecule is COc1cc(C(=CN)C(C)=NC2CN(C(=O)C3(F)CN(C(=O)/C=C/CN(C)C)C3)C2)cn2ncc(C#N)c12. The van der Waals surface area contributed by atoms with Crippen molar-refractivity contribution in [3.63, 3.8) is 0 Å². The van der Waals surface area contributed by atoms with Crippen molar-refractivity contribution in [1.82, 2.24) is 24.3 Å². The third-order valence-electron chi connectivity index (χ3n) is 6.62. The number of methoxy groups -OCH3 is 1. The second-order valence-electron chi connectivity index (χ2n) is 9.74. The minimum atomic E-state index is -2.06. The van der Waals surface area contributed by atoms with Gasteiger partial charge in [-0.15, -0.1) is 0 Å². The van der Waals surface area contributed by atoms with Crippen LogP contribution in [0.1, 0.15) is 18.1 Å². The van der Waals surface area contributed by atoms with Crippen LogP contribution >= 0.6 is 0 Å². The molecule has 2 aromatic heterocycles. The summed E-state index contributed by atoms with van der Waals surface area (Å²) in [5.74, 6) is -0.442. The van der Waals surface area contributed by atoms with Crippen LogP contribution in [0.4, 0.5) is 4.39 Å². The normalized spacial score (nSPS) is 18.0. The van der Waals surface area contributed by atoms with Crippen LogP contribution in [0.15, 0.2) is 41.8 Å². The van der Waals surface area contributed by atoms with Gasteiger partial charge in [-0.3, -0.25) is 14.6 Å². The molecule has 4 rings (SSSR count). The number of likely N-dealkylation sites (tertiary alicyclic amines) is 2. The van der Waals surface area contributed by atoms with Gasteiger partial charge in [0, 0.05) is 55.0 Å². The van der Waals surface area contributed by atoms with Gasteiger partial charge in [-0.2, -0.15) is 10.4 Å². The summed E-state index contributed by atoms with van der Waals surface area (Å²) in [7, 11) is 5.27. The van der Waals surface area contributed by atoms with E-state index < -0.39 is 11.6 Å². The number of amides is 2. The third kappa shape index (κ3) is 5.10. The smallest absolute Gasteiger partial charge is 0.264 e. The molecule has 0 atom stereocenters. The molecule has 2 aliphatic rings. The highest BCUT2D eigenvalue weighted by Gasteiger charge is 2.54. The first-order chi connectivity index (χ1) is 18.1. The number of carbonyl (C=O) groups is 2. The minimum absolute atomic E-state index is 0.204. The van der Waals surface area contributed by atoms with Gasteiger partial charge in [-0.25, -0.2) is 8.91 Å².